The van der Waals surface area contributed by atoms with Gasteiger partial charge >= 0.3 is 0 Å². The van der Waals surface area contributed by atoms with Crippen molar-refractivity contribution in [2.45, 2.75) is 50.5 Å². The minimum Gasteiger partial charge on any atom is -0.321 e. The van der Waals surface area contributed by atoms with Gasteiger partial charge in [0.25, 0.3) is 5.91 Å². The van der Waals surface area contributed by atoms with Crippen LogP contribution in [0.2, 0.25) is 0 Å². The second-order valence-electron chi connectivity index (χ2n) is 9.33. The smallest absolute Gasteiger partial charge is 0.255 e. The third kappa shape index (κ3) is 5.67. The molecule has 0 saturated carbocycles. The Balaban J connectivity index is 1.68. The number of ketones is 1. The Morgan fingerprint density at radius 1 is 0.972 bits per heavy atom. The molecule has 1 aliphatic heterocycles. The monoisotopic (exact) mass is 507 g/mol. The molecule has 3 N–H and O–H groups in total. The molecule has 190 valence electrons. The van der Waals surface area contributed by atoms with Gasteiger partial charge in [-0.2, -0.15) is 0 Å². The number of nitrogens with one attached hydrogen (secondary N) is 3. The molecule has 8 heteroatoms. The van der Waals surface area contributed by atoms with Crippen LogP contribution in [0.1, 0.15) is 48.5 Å². The molecule has 1 aliphatic rings. The van der Waals surface area contributed by atoms with Gasteiger partial charge in [-0.1, -0.05) is 49.4 Å². The van der Waals surface area contributed by atoms with Crippen molar-refractivity contribution in [2.24, 2.45) is 5.92 Å². The number of hydrogen-bond donors (Lipinski definition) is 3. The molecule has 36 heavy (non-hydrogen) atoms. The molecule has 0 radical (unpaired) electrons. The van der Waals surface area contributed by atoms with Gasteiger partial charge in [-0.3, -0.25) is 9.59 Å². The SMILES string of the molecule is CCCC(=O)C(NS(=O)(=O)c1ccc(NC(=O)c2ccccc2C)c2ccccc12)C1CCNCC1. The highest BCUT2D eigenvalue weighted by atomic mass is 32.2. The van der Waals surface area contributed by atoms with E-state index in [-0.39, 0.29) is 22.5 Å². The van der Waals surface area contributed by atoms with E-state index in [2.05, 4.69) is 15.4 Å². The first-order valence-corrected chi connectivity index (χ1v) is 13.9. The quantitative estimate of drug-likeness (QED) is 0.398. The van der Waals surface area contributed by atoms with Crippen LogP contribution in [0.4, 0.5) is 5.69 Å². The van der Waals surface area contributed by atoms with Crippen LogP contribution in [0, 0.1) is 12.8 Å². The lowest BCUT2D eigenvalue weighted by molar-refractivity contribution is -0.122. The number of fused-ring (bicyclic) bond motifs is 1. The molecule has 3 aromatic carbocycles. The van der Waals surface area contributed by atoms with Gasteiger partial charge in [0.05, 0.1) is 10.9 Å². The summed E-state index contributed by atoms with van der Waals surface area (Å²) >= 11 is 0. The number of aryl methyl sites for hydroxylation is 1. The van der Waals surface area contributed by atoms with Gasteiger partial charge in [0, 0.05) is 28.4 Å². The topological polar surface area (TPSA) is 104 Å². The zero-order valence-electron chi connectivity index (χ0n) is 20.7. The molecule has 1 saturated heterocycles. The third-order valence-corrected chi connectivity index (χ3v) is 8.29. The van der Waals surface area contributed by atoms with Crippen molar-refractivity contribution in [3.05, 3.63) is 71.8 Å². The van der Waals surface area contributed by atoms with Crippen LogP contribution in [0.15, 0.2) is 65.6 Å². The van der Waals surface area contributed by atoms with Crippen LogP contribution < -0.4 is 15.4 Å². The molecule has 0 spiro atoms. The number of carbonyl (C=O) groups excluding carboxylic acids is 2. The standard InChI is InChI=1S/C28H33N3O4S/c1-3-8-25(32)27(20-15-17-29-18-16-20)31-36(34,35)26-14-13-24(22-11-6-7-12-23(22)26)30-28(33)21-10-5-4-9-19(21)2/h4-7,9-14,20,27,29,31H,3,8,15-18H2,1-2H3,(H,30,33). The molecule has 3 aromatic rings. The van der Waals surface area contributed by atoms with Crippen LogP contribution in [0.5, 0.6) is 0 Å². The fraction of sp³-hybridized carbons (Fsp3) is 0.357. The fourth-order valence-electron chi connectivity index (χ4n) is 4.87. The van der Waals surface area contributed by atoms with E-state index in [1.807, 2.05) is 26.0 Å². The van der Waals surface area contributed by atoms with E-state index in [9.17, 15) is 18.0 Å². The zero-order valence-corrected chi connectivity index (χ0v) is 21.5. The van der Waals surface area contributed by atoms with Crippen LogP contribution in [-0.4, -0.2) is 39.2 Å². The highest BCUT2D eigenvalue weighted by Gasteiger charge is 2.33. The molecular formula is C28H33N3O4S. The van der Waals surface area contributed by atoms with Crippen molar-refractivity contribution in [3.8, 4) is 0 Å². The summed E-state index contributed by atoms with van der Waals surface area (Å²) in [6.07, 6.45) is 2.49. The predicted octanol–water partition coefficient (Wildman–Crippen LogP) is 4.42. The number of amides is 1. The van der Waals surface area contributed by atoms with Gasteiger partial charge in [0.15, 0.2) is 5.78 Å². The lowest BCUT2D eigenvalue weighted by atomic mass is 9.87. The first-order valence-electron chi connectivity index (χ1n) is 12.5. The van der Waals surface area contributed by atoms with Gasteiger partial charge in [0.2, 0.25) is 10.0 Å². The number of rotatable bonds is 9. The number of carbonyl (C=O) groups is 2. The van der Waals surface area contributed by atoms with Gasteiger partial charge in [-0.05, 0) is 69.0 Å². The number of piperidine rings is 1. The number of hydrogen-bond acceptors (Lipinski definition) is 5. The van der Waals surface area contributed by atoms with E-state index in [1.54, 1.807) is 42.5 Å². The minimum atomic E-state index is -4.01. The van der Waals surface area contributed by atoms with E-state index in [0.29, 0.717) is 34.9 Å². The normalized spacial score (nSPS) is 15.5. The maximum Gasteiger partial charge on any atom is 0.255 e. The number of benzene rings is 3. The van der Waals surface area contributed by atoms with Crippen molar-refractivity contribution in [3.63, 3.8) is 0 Å². The Labute approximate surface area is 212 Å². The lowest BCUT2D eigenvalue weighted by Crippen LogP contribution is -2.48. The number of anilines is 1. The maximum atomic E-state index is 13.6. The molecule has 7 nitrogen and oxygen atoms in total. The molecule has 1 unspecified atom stereocenters. The van der Waals surface area contributed by atoms with E-state index in [0.717, 1.165) is 31.5 Å². The Bertz CT molecular complexity index is 1360. The largest absolute Gasteiger partial charge is 0.321 e. The Morgan fingerprint density at radius 3 is 2.33 bits per heavy atom. The van der Waals surface area contributed by atoms with Crippen LogP contribution in [0.25, 0.3) is 10.8 Å². The minimum absolute atomic E-state index is 0.0426. The van der Waals surface area contributed by atoms with Crippen molar-refractivity contribution >= 4 is 38.2 Å². The van der Waals surface area contributed by atoms with Crippen molar-refractivity contribution in [2.75, 3.05) is 18.4 Å². The molecule has 0 bridgehead atoms. The fourth-order valence-corrected chi connectivity index (χ4v) is 6.37. The van der Waals surface area contributed by atoms with Gasteiger partial charge < -0.3 is 10.6 Å². The second kappa shape index (κ2) is 11.3. The summed E-state index contributed by atoms with van der Waals surface area (Å²) in [7, 11) is -4.01. The highest BCUT2D eigenvalue weighted by molar-refractivity contribution is 7.89. The molecule has 4 rings (SSSR count). The predicted molar refractivity (Wildman–Crippen MR) is 143 cm³/mol. The summed E-state index contributed by atoms with van der Waals surface area (Å²) in [6.45, 7) is 5.32. The first-order chi connectivity index (χ1) is 17.3. The van der Waals surface area contributed by atoms with E-state index >= 15 is 0 Å². The summed E-state index contributed by atoms with van der Waals surface area (Å²) in [5, 5.41) is 7.30. The zero-order chi connectivity index (χ0) is 25.7. The lowest BCUT2D eigenvalue weighted by Gasteiger charge is -2.30. The average molecular weight is 508 g/mol. The van der Waals surface area contributed by atoms with Crippen LogP contribution in [-0.2, 0) is 14.8 Å². The second-order valence-corrected chi connectivity index (χ2v) is 11.0. The van der Waals surface area contributed by atoms with Gasteiger partial charge in [-0.25, -0.2) is 13.1 Å². The summed E-state index contributed by atoms with van der Waals surface area (Å²) < 4.78 is 30.0. The third-order valence-electron chi connectivity index (χ3n) is 6.79. The molecule has 0 aliphatic carbocycles. The molecule has 1 heterocycles. The molecule has 1 fully saturated rings. The summed E-state index contributed by atoms with van der Waals surface area (Å²) in [5.74, 6) is -0.374. The summed E-state index contributed by atoms with van der Waals surface area (Å²) in [6, 6.07) is 16.7. The highest BCUT2D eigenvalue weighted by Crippen LogP contribution is 2.31. The summed E-state index contributed by atoms with van der Waals surface area (Å²) in [4.78, 5) is 26.0. The van der Waals surface area contributed by atoms with E-state index in [1.165, 1.54) is 6.07 Å². The van der Waals surface area contributed by atoms with Gasteiger partial charge in [0.1, 0.15) is 0 Å². The van der Waals surface area contributed by atoms with Gasteiger partial charge in [-0.15, -0.1) is 0 Å². The number of Topliss-reactive ketones (excluding diaryl/α,β-unsaturated/α-hetero) is 1. The molecule has 0 aromatic heterocycles. The van der Waals surface area contributed by atoms with Crippen molar-refractivity contribution in [1.29, 1.82) is 0 Å². The molecule has 1 amide bonds. The van der Waals surface area contributed by atoms with Crippen LogP contribution >= 0.6 is 0 Å². The van der Waals surface area contributed by atoms with Crippen molar-refractivity contribution in [1.82, 2.24) is 10.0 Å². The van der Waals surface area contributed by atoms with E-state index in [4.69, 9.17) is 0 Å². The maximum absolute atomic E-state index is 13.6. The Kier molecular flexibility index (Phi) is 8.18. The molecular weight excluding hydrogens is 474 g/mol. The molecule has 1 atom stereocenters. The first kappa shape index (κ1) is 26.0. The van der Waals surface area contributed by atoms with Crippen LogP contribution in [0.3, 0.4) is 0 Å². The van der Waals surface area contributed by atoms with E-state index < -0.39 is 16.1 Å². The average Bonchev–Trinajstić information content (AvgIpc) is 2.88. The Hall–Kier alpha value is -3.07. The Morgan fingerprint density at radius 2 is 1.64 bits per heavy atom. The van der Waals surface area contributed by atoms with Crippen molar-refractivity contribution < 1.29 is 18.0 Å². The number of sulfonamides is 1. The summed E-state index contributed by atoms with van der Waals surface area (Å²) in [5.41, 5.74) is 1.93.